The van der Waals surface area contributed by atoms with Crippen LogP contribution in [0.4, 0.5) is 10.5 Å². The molecule has 1 fully saturated rings. The molecule has 0 unspecified atom stereocenters. The normalized spacial score (nSPS) is 20.2. The average molecular weight is 398 g/mol. The van der Waals surface area contributed by atoms with Crippen molar-refractivity contribution in [3.05, 3.63) is 53.6 Å². The molecule has 0 radical (unpaired) electrons. The van der Waals surface area contributed by atoms with Gasteiger partial charge in [-0.15, -0.1) is 0 Å². The highest BCUT2D eigenvalue weighted by molar-refractivity contribution is 7.92. The van der Waals surface area contributed by atoms with Crippen LogP contribution < -0.4 is 9.04 Å². The van der Waals surface area contributed by atoms with Crippen LogP contribution in [0.1, 0.15) is 36.8 Å². The molecule has 6 nitrogen and oxygen atoms in total. The summed E-state index contributed by atoms with van der Waals surface area (Å²) in [6, 6.07) is 12.6. The highest BCUT2D eigenvalue weighted by Gasteiger charge is 2.48. The van der Waals surface area contributed by atoms with E-state index in [9.17, 15) is 13.2 Å². The SMILES string of the molecule is CN1Cc2cc(S(=O)(=O)N3CC4(CCCC4)c4ccccc43)ccc2OC1=O. The molecule has 7 heteroatoms. The highest BCUT2D eigenvalue weighted by Crippen LogP contribution is 2.51. The summed E-state index contributed by atoms with van der Waals surface area (Å²) in [4.78, 5) is 13.4. The molecule has 0 bridgehead atoms. The Labute approximate surface area is 164 Å². The summed E-state index contributed by atoms with van der Waals surface area (Å²) in [7, 11) is -2.07. The number of hydrogen-bond donors (Lipinski definition) is 0. The third-order valence-electron chi connectivity index (χ3n) is 6.29. The Morgan fingerprint density at radius 1 is 1.07 bits per heavy atom. The standard InChI is InChI=1S/C21H22N2O4S/c1-22-13-15-12-16(8-9-19(15)27-20(22)24)28(25,26)23-14-21(10-4-5-11-21)17-6-2-3-7-18(17)23/h2-3,6-9,12H,4-5,10-11,13-14H2,1H3. The summed E-state index contributed by atoms with van der Waals surface area (Å²) in [6.07, 6.45) is 3.90. The van der Waals surface area contributed by atoms with Crippen molar-refractivity contribution in [2.45, 2.75) is 42.5 Å². The van der Waals surface area contributed by atoms with Gasteiger partial charge in [-0.05, 0) is 42.7 Å². The van der Waals surface area contributed by atoms with Gasteiger partial charge < -0.3 is 9.64 Å². The zero-order valence-electron chi connectivity index (χ0n) is 15.7. The summed E-state index contributed by atoms with van der Waals surface area (Å²) < 4.78 is 34.0. The molecule has 28 heavy (non-hydrogen) atoms. The van der Waals surface area contributed by atoms with Crippen LogP contribution >= 0.6 is 0 Å². The Morgan fingerprint density at radius 2 is 1.82 bits per heavy atom. The number of carbonyl (C=O) groups is 1. The second-order valence-electron chi connectivity index (χ2n) is 8.01. The molecule has 3 aliphatic rings. The van der Waals surface area contributed by atoms with Crippen LogP contribution in [0.3, 0.4) is 0 Å². The molecule has 146 valence electrons. The maximum atomic E-state index is 13.6. The van der Waals surface area contributed by atoms with Crippen molar-refractivity contribution >= 4 is 21.8 Å². The first-order chi connectivity index (χ1) is 13.4. The van der Waals surface area contributed by atoms with Crippen LogP contribution in [0.5, 0.6) is 5.75 Å². The molecule has 5 rings (SSSR count). The van der Waals surface area contributed by atoms with Crippen molar-refractivity contribution < 1.29 is 17.9 Å². The monoisotopic (exact) mass is 398 g/mol. The third kappa shape index (κ3) is 2.45. The Hall–Kier alpha value is -2.54. The van der Waals surface area contributed by atoms with Gasteiger partial charge in [0.15, 0.2) is 0 Å². The lowest BCUT2D eigenvalue weighted by atomic mass is 9.81. The van der Waals surface area contributed by atoms with Gasteiger partial charge in [0.25, 0.3) is 10.0 Å². The van der Waals surface area contributed by atoms with Gasteiger partial charge in [-0.3, -0.25) is 4.31 Å². The lowest BCUT2D eigenvalue weighted by Crippen LogP contribution is -2.36. The third-order valence-corrected chi connectivity index (χ3v) is 8.04. The molecular weight excluding hydrogens is 376 g/mol. The van der Waals surface area contributed by atoms with E-state index in [1.165, 1.54) is 11.0 Å². The first-order valence-corrected chi connectivity index (χ1v) is 11.0. The topological polar surface area (TPSA) is 66.9 Å². The number of nitrogens with zero attached hydrogens (tertiary/aromatic N) is 2. The lowest BCUT2D eigenvalue weighted by Gasteiger charge is -2.27. The molecule has 0 saturated heterocycles. The van der Waals surface area contributed by atoms with E-state index in [1.54, 1.807) is 23.5 Å². The molecule has 0 aromatic heterocycles. The highest BCUT2D eigenvalue weighted by atomic mass is 32.2. The van der Waals surface area contributed by atoms with Crippen LogP contribution in [0.25, 0.3) is 0 Å². The van der Waals surface area contributed by atoms with Gasteiger partial charge in [0.05, 0.1) is 17.1 Å². The number of carbonyl (C=O) groups excluding carboxylic acids is 1. The van der Waals surface area contributed by atoms with Crippen LogP contribution in [-0.4, -0.2) is 33.0 Å². The first-order valence-electron chi connectivity index (χ1n) is 9.59. The quantitative estimate of drug-likeness (QED) is 0.774. The van der Waals surface area contributed by atoms with E-state index in [4.69, 9.17) is 4.74 Å². The van der Waals surface area contributed by atoms with E-state index in [1.807, 2.05) is 18.2 Å². The fourth-order valence-electron chi connectivity index (χ4n) is 4.84. The fourth-order valence-corrected chi connectivity index (χ4v) is 6.46. The summed E-state index contributed by atoms with van der Waals surface area (Å²) in [5.74, 6) is 0.427. The lowest BCUT2D eigenvalue weighted by molar-refractivity contribution is 0.150. The second-order valence-corrected chi connectivity index (χ2v) is 9.87. The number of benzene rings is 2. The Bertz CT molecular complexity index is 1070. The Kier molecular flexibility index (Phi) is 3.75. The van der Waals surface area contributed by atoms with Crippen molar-refractivity contribution in [3.63, 3.8) is 0 Å². The molecule has 1 amide bonds. The number of rotatable bonds is 2. The predicted molar refractivity (Wildman–Crippen MR) is 105 cm³/mol. The fraction of sp³-hybridized carbons (Fsp3) is 0.381. The van der Waals surface area contributed by atoms with Crippen LogP contribution in [0, 0.1) is 0 Å². The molecule has 0 atom stereocenters. The van der Waals surface area contributed by atoms with Crippen molar-refractivity contribution in [1.29, 1.82) is 0 Å². The summed E-state index contributed by atoms with van der Waals surface area (Å²) in [5, 5.41) is 0. The van der Waals surface area contributed by atoms with Gasteiger partial charge >= 0.3 is 6.09 Å². The van der Waals surface area contributed by atoms with Gasteiger partial charge in [-0.25, -0.2) is 13.2 Å². The van der Waals surface area contributed by atoms with E-state index < -0.39 is 16.1 Å². The summed E-state index contributed by atoms with van der Waals surface area (Å²) >= 11 is 0. The van der Waals surface area contributed by atoms with E-state index in [0.29, 0.717) is 24.4 Å². The summed E-state index contributed by atoms with van der Waals surface area (Å²) in [6.45, 7) is 0.832. The van der Waals surface area contributed by atoms with Gasteiger partial charge in [-0.2, -0.15) is 0 Å². The smallest absolute Gasteiger partial charge is 0.410 e. The first kappa shape index (κ1) is 17.6. The van der Waals surface area contributed by atoms with Gasteiger partial charge in [0.2, 0.25) is 0 Å². The number of sulfonamides is 1. The number of ether oxygens (including phenoxy) is 1. The molecule has 1 spiro atoms. The van der Waals surface area contributed by atoms with Crippen LogP contribution in [0.2, 0.25) is 0 Å². The van der Waals surface area contributed by atoms with E-state index in [-0.39, 0.29) is 10.3 Å². The molecule has 2 aromatic carbocycles. The van der Waals surface area contributed by atoms with Crippen LogP contribution in [0.15, 0.2) is 47.4 Å². The molecular formula is C21H22N2O4S. The zero-order valence-corrected chi connectivity index (χ0v) is 16.5. The minimum Gasteiger partial charge on any atom is -0.410 e. The Morgan fingerprint density at radius 3 is 2.61 bits per heavy atom. The molecule has 1 saturated carbocycles. The van der Waals surface area contributed by atoms with E-state index in [0.717, 1.165) is 36.9 Å². The van der Waals surface area contributed by atoms with Gasteiger partial charge in [0, 0.05) is 24.6 Å². The number of amides is 1. The molecule has 2 aliphatic heterocycles. The number of para-hydroxylation sites is 1. The van der Waals surface area contributed by atoms with Crippen molar-refractivity contribution in [1.82, 2.24) is 4.90 Å². The Balaban J connectivity index is 1.57. The minimum absolute atomic E-state index is 0.0619. The average Bonchev–Trinajstić information content (AvgIpc) is 3.29. The number of hydrogen-bond acceptors (Lipinski definition) is 4. The maximum Gasteiger partial charge on any atom is 0.415 e. The predicted octanol–water partition coefficient (Wildman–Crippen LogP) is 3.65. The van der Waals surface area contributed by atoms with Crippen molar-refractivity contribution in [3.8, 4) is 5.75 Å². The van der Waals surface area contributed by atoms with E-state index in [2.05, 4.69) is 6.07 Å². The largest absolute Gasteiger partial charge is 0.415 e. The van der Waals surface area contributed by atoms with Crippen LogP contribution in [-0.2, 0) is 22.0 Å². The maximum absolute atomic E-state index is 13.6. The molecule has 1 aliphatic carbocycles. The number of anilines is 1. The van der Waals surface area contributed by atoms with Gasteiger partial charge in [0.1, 0.15) is 5.75 Å². The van der Waals surface area contributed by atoms with Gasteiger partial charge in [-0.1, -0.05) is 31.0 Å². The molecule has 2 aromatic rings. The summed E-state index contributed by atoms with van der Waals surface area (Å²) in [5.41, 5.74) is 2.59. The minimum atomic E-state index is -3.71. The molecule has 2 heterocycles. The zero-order chi connectivity index (χ0) is 19.5. The van der Waals surface area contributed by atoms with Crippen molar-refractivity contribution in [2.24, 2.45) is 0 Å². The second kappa shape index (κ2) is 5.98. The number of fused-ring (bicyclic) bond motifs is 3. The molecule has 0 N–H and O–H groups in total. The van der Waals surface area contributed by atoms with Crippen molar-refractivity contribution in [2.75, 3.05) is 17.9 Å². The van der Waals surface area contributed by atoms with E-state index >= 15 is 0 Å².